The molecule has 1 aromatic rings. The van der Waals surface area contributed by atoms with E-state index in [0.29, 0.717) is 19.2 Å². The van der Waals surface area contributed by atoms with Gasteiger partial charge < -0.3 is 14.6 Å². The fourth-order valence-electron chi connectivity index (χ4n) is 3.49. The third kappa shape index (κ3) is 3.87. The first kappa shape index (κ1) is 15.9. The van der Waals surface area contributed by atoms with E-state index in [1.807, 2.05) is 0 Å². The summed E-state index contributed by atoms with van der Waals surface area (Å²) in [4.78, 5) is 2.36. The predicted octanol–water partition coefficient (Wildman–Crippen LogP) is 2.16. The van der Waals surface area contributed by atoms with Gasteiger partial charge in [-0.15, -0.1) is 0 Å². The molecule has 1 fully saturated rings. The van der Waals surface area contributed by atoms with E-state index in [1.54, 1.807) is 0 Å². The Balaban J connectivity index is 1.48. The molecule has 3 rings (SSSR count). The summed E-state index contributed by atoms with van der Waals surface area (Å²) in [5.41, 5.74) is 2.84. The molecule has 0 aliphatic carbocycles. The molecule has 0 bridgehead atoms. The van der Waals surface area contributed by atoms with E-state index in [1.165, 1.54) is 11.1 Å². The van der Waals surface area contributed by atoms with Gasteiger partial charge in [0.25, 0.3) is 0 Å². The molecule has 0 spiro atoms. The average Bonchev–Trinajstić information content (AvgIpc) is 2.57. The first-order valence-electron chi connectivity index (χ1n) is 8.43. The molecular formula is C18H27NO3. The Morgan fingerprint density at radius 2 is 2.09 bits per heavy atom. The van der Waals surface area contributed by atoms with Gasteiger partial charge in [0.2, 0.25) is 0 Å². The van der Waals surface area contributed by atoms with Crippen LogP contribution in [0.4, 0.5) is 0 Å². The number of benzene rings is 1. The van der Waals surface area contributed by atoms with E-state index < -0.39 is 6.10 Å². The Morgan fingerprint density at radius 1 is 1.32 bits per heavy atom. The number of rotatable bonds is 5. The van der Waals surface area contributed by atoms with Gasteiger partial charge in [-0.05, 0) is 37.3 Å². The number of aliphatic hydroxyl groups is 1. The molecule has 122 valence electrons. The normalized spacial score (nSPS) is 24.9. The minimum absolute atomic E-state index is 0.253. The van der Waals surface area contributed by atoms with Crippen molar-refractivity contribution in [2.45, 2.75) is 44.4 Å². The topological polar surface area (TPSA) is 41.9 Å². The number of aliphatic hydroxyl groups excluding tert-OH is 1. The largest absolute Gasteiger partial charge is 0.389 e. The van der Waals surface area contributed by atoms with Crippen LogP contribution in [0.15, 0.2) is 24.3 Å². The van der Waals surface area contributed by atoms with Crippen molar-refractivity contribution >= 4 is 0 Å². The lowest BCUT2D eigenvalue weighted by atomic mass is 9.93. The van der Waals surface area contributed by atoms with Crippen LogP contribution in [0.3, 0.4) is 0 Å². The van der Waals surface area contributed by atoms with Crippen LogP contribution in [0.5, 0.6) is 0 Å². The third-order valence-electron chi connectivity index (χ3n) is 4.86. The van der Waals surface area contributed by atoms with Crippen LogP contribution in [-0.4, -0.2) is 55.1 Å². The Kier molecular flexibility index (Phi) is 5.47. The second kappa shape index (κ2) is 7.55. The maximum Gasteiger partial charge on any atom is 0.0900 e. The van der Waals surface area contributed by atoms with E-state index >= 15 is 0 Å². The molecule has 2 aliphatic rings. The van der Waals surface area contributed by atoms with Gasteiger partial charge in [0, 0.05) is 32.3 Å². The van der Waals surface area contributed by atoms with Gasteiger partial charge in [-0.1, -0.05) is 24.3 Å². The molecular weight excluding hydrogens is 278 g/mol. The smallest absolute Gasteiger partial charge is 0.0900 e. The lowest BCUT2D eigenvalue weighted by molar-refractivity contribution is -0.0661. The van der Waals surface area contributed by atoms with Crippen molar-refractivity contribution in [3.63, 3.8) is 0 Å². The zero-order valence-corrected chi connectivity index (χ0v) is 13.4. The SMILES string of the molecule is CC1c2ccccc2CCN1CC(O)COC1CCOCC1. The van der Waals surface area contributed by atoms with Crippen molar-refractivity contribution in [3.8, 4) is 0 Å². The molecule has 4 nitrogen and oxygen atoms in total. The second-order valence-corrected chi connectivity index (χ2v) is 6.42. The van der Waals surface area contributed by atoms with Crippen molar-refractivity contribution in [3.05, 3.63) is 35.4 Å². The fourth-order valence-corrected chi connectivity index (χ4v) is 3.49. The lowest BCUT2D eigenvalue weighted by Crippen LogP contribution is -2.41. The first-order chi connectivity index (χ1) is 10.7. The van der Waals surface area contributed by atoms with E-state index in [9.17, 15) is 5.11 Å². The number of hydrogen-bond acceptors (Lipinski definition) is 4. The summed E-state index contributed by atoms with van der Waals surface area (Å²) in [7, 11) is 0. The van der Waals surface area contributed by atoms with Gasteiger partial charge in [0.1, 0.15) is 0 Å². The summed E-state index contributed by atoms with van der Waals surface area (Å²) in [6, 6.07) is 8.99. The molecule has 2 unspecified atom stereocenters. The summed E-state index contributed by atoms with van der Waals surface area (Å²) in [6.07, 6.45) is 2.78. The Labute approximate surface area is 133 Å². The van der Waals surface area contributed by atoms with E-state index in [4.69, 9.17) is 9.47 Å². The summed E-state index contributed by atoms with van der Waals surface area (Å²) >= 11 is 0. The summed E-state index contributed by atoms with van der Waals surface area (Å²) in [5, 5.41) is 10.3. The van der Waals surface area contributed by atoms with Gasteiger partial charge in [-0.25, -0.2) is 0 Å². The van der Waals surface area contributed by atoms with Crippen LogP contribution in [-0.2, 0) is 15.9 Å². The fraction of sp³-hybridized carbons (Fsp3) is 0.667. The Hall–Kier alpha value is -0.940. The quantitative estimate of drug-likeness (QED) is 0.905. The molecule has 0 radical (unpaired) electrons. The van der Waals surface area contributed by atoms with Crippen molar-refractivity contribution in [2.75, 3.05) is 32.9 Å². The molecule has 0 aromatic heterocycles. The average molecular weight is 305 g/mol. The Morgan fingerprint density at radius 3 is 2.91 bits per heavy atom. The first-order valence-corrected chi connectivity index (χ1v) is 8.43. The number of fused-ring (bicyclic) bond motifs is 1. The highest BCUT2D eigenvalue weighted by atomic mass is 16.5. The van der Waals surface area contributed by atoms with E-state index in [-0.39, 0.29) is 6.10 Å². The highest BCUT2D eigenvalue weighted by molar-refractivity contribution is 5.32. The van der Waals surface area contributed by atoms with Crippen LogP contribution in [0.1, 0.15) is 36.9 Å². The maximum absolute atomic E-state index is 10.3. The Bertz CT molecular complexity index is 473. The van der Waals surface area contributed by atoms with Gasteiger partial charge in [0.05, 0.1) is 18.8 Å². The van der Waals surface area contributed by atoms with Gasteiger partial charge in [-0.3, -0.25) is 4.90 Å². The van der Waals surface area contributed by atoms with Crippen LogP contribution in [0.2, 0.25) is 0 Å². The monoisotopic (exact) mass is 305 g/mol. The highest BCUT2D eigenvalue weighted by Crippen LogP contribution is 2.29. The van der Waals surface area contributed by atoms with Crippen molar-refractivity contribution in [2.24, 2.45) is 0 Å². The summed E-state index contributed by atoms with van der Waals surface area (Å²) in [6.45, 7) is 5.90. The molecule has 2 aliphatic heterocycles. The number of β-amino-alcohol motifs (C(OH)–C–C–N with tert-alkyl or cyclic N) is 1. The molecule has 4 heteroatoms. The minimum Gasteiger partial charge on any atom is -0.389 e. The lowest BCUT2D eigenvalue weighted by Gasteiger charge is -2.36. The summed E-state index contributed by atoms with van der Waals surface area (Å²) in [5.74, 6) is 0. The van der Waals surface area contributed by atoms with Crippen LogP contribution in [0.25, 0.3) is 0 Å². The second-order valence-electron chi connectivity index (χ2n) is 6.42. The molecule has 1 aromatic carbocycles. The molecule has 2 heterocycles. The number of ether oxygens (including phenoxy) is 2. The number of hydrogen-bond donors (Lipinski definition) is 1. The predicted molar refractivity (Wildman–Crippen MR) is 85.9 cm³/mol. The maximum atomic E-state index is 10.3. The van der Waals surface area contributed by atoms with Gasteiger partial charge in [-0.2, -0.15) is 0 Å². The number of nitrogens with zero attached hydrogens (tertiary/aromatic N) is 1. The highest BCUT2D eigenvalue weighted by Gasteiger charge is 2.25. The standard InChI is InChI=1S/C18H27NO3/c1-14-18-5-3-2-4-15(18)6-9-19(14)12-16(20)13-22-17-7-10-21-11-8-17/h2-5,14,16-17,20H,6-13H2,1H3. The molecule has 1 saturated heterocycles. The van der Waals surface area contributed by atoms with E-state index in [0.717, 1.165) is 39.0 Å². The zero-order valence-electron chi connectivity index (χ0n) is 13.4. The molecule has 0 saturated carbocycles. The molecule has 0 amide bonds. The van der Waals surface area contributed by atoms with Crippen LogP contribution >= 0.6 is 0 Å². The van der Waals surface area contributed by atoms with Gasteiger partial charge in [0.15, 0.2) is 0 Å². The van der Waals surface area contributed by atoms with Crippen LogP contribution < -0.4 is 0 Å². The summed E-state index contributed by atoms with van der Waals surface area (Å²) < 4.78 is 11.2. The van der Waals surface area contributed by atoms with Crippen molar-refractivity contribution in [1.29, 1.82) is 0 Å². The van der Waals surface area contributed by atoms with Crippen molar-refractivity contribution < 1.29 is 14.6 Å². The zero-order chi connectivity index (χ0) is 15.4. The van der Waals surface area contributed by atoms with E-state index in [2.05, 4.69) is 36.1 Å². The molecule has 2 atom stereocenters. The third-order valence-corrected chi connectivity index (χ3v) is 4.86. The molecule has 1 N–H and O–H groups in total. The van der Waals surface area contributed by atoms with Crippen LogP contribution in [0, 0.1) is 0 Å². The van der Waals surface area contributed by atoms with Crippen molar-refractivity contribution in [1.82, 2.24) is 4.90 Å². The molecule has 22 heavy (non-hydrogen) atoms. The van der Waals surface area contributed by atoms with Gasteiger partial charge >= 0.3 is 0 Å². The minimum atomic E-state index is -0.421.